The Morgan fingerprint density at radius 3 is 2.53 bits per heavy atom. The van der Waals surface area contributed by atoms with Crippen molar-refractivity contribution >= 4 is 21.6 Å². The van der Waals surface area contributed by atoms with E-state index in [1.54, 1.807) is 24.3 Å². The third kappa shape index (κ3) is 5.91. The van der Waals surface area contributed by atoms with E-state index in [0.29, 0.717) is 22.9 Å². The molecule has 0 aliphatic heterocycles. The number of nitrogens with one attached hydrogen (secondary N) is 1. The predicted molar refractivity (Wildman–Crippen MR) is 77.7 cm³/mol. The first-order valence-corrected chi connectivity index (χ1v) is 8.24. The molecule has 6 heteroatoms. The lowest BCUT2D eigenvalue weighted by atomic mass is 10.1. The summed E-state index contributed by atoms with van der Waals surface area (Å²) in [6.45, 7) is 3.87. The second-order valence-corrected chi connectivity index (χ2v) is 7.22. The minimum atomic E-state index is -3.35. The van der Waals surface area contributed by atoms with Crippen LogP contribution >= 0.6 is 11.6 Å². The van der Waals surface area contributed by atoms with Gasteiger partial charge in [0.1, 0.15) is 0 Å². The predicted octanol–water partition coefficient (Wildman–Crippen LogP) is 2.34. The highest BCUT2D eigenvalue weighted by Gasteiger charge is 2.16. The second kappa shape index (κ2) is 7.24. The molecule has 0 amide bonds. The van der Waals surface area contributed by atoms with Crippen molar-refractivity contribution < 1.29 is 13.5 Å². The van der Waals surface area contributed by atoms with Crippen LogP contribution in [0.4, 0.5) is 0 Å². The van der Waals surface area contributed by atoms with Gasteiger partial charge < -0.3 is 5.11 Å². The zero-order chi connectivity index (χ0) is 14.5. The van der Waals surface area contributed by atoms with Crippen LogP contribution in [0.5, 0.6) is 0 Å². The van der Waals surface area contributed by atoms with E-state index in [9.17, 15) is 13.5 Å². The van der Waals surface area contributed by atoms with Gasteiger partial charge in [-0.15, -0.1) is 0 Å². The maximum absolute atomic E-state index is 11.7. The zero-order valence-corrected chi connectivity index (χ0v) is 12.7. The highest BCUT2D eigenvalue weighted by Crippen LogP contribution is 2.22. The lowest BCUT2D eigenvalue weighted by Gasteiger charge is -2.14. The van der Waals surface area contributed by atoms with Gasteiger partial charge in [-0.25, -0.2) is 13.1 Å². The van der Waals surface area contributed by atoms with E-state index < -0.39 is 16.1 Å². The van der Waals surface area contributed by atoms with Crippen LogP contribution in [0.1, 0.15) is 31.9 Å². The molecular formula is C13H20ClNO3S. The number of benzene rings is 1. The van der Waals surface area contributed by atoms with Crippen LogP contribution in [0, 0.1) is 5.92 Å². The molecule has 0 aliphatic rings. The van der Waals surface area contributed by atoms with Gasteiger partial charge in [0, 0.05) is 17.1 Å². The Morgan fingerprint density at radius 2 is 1.95 bits per heavy atom. The first kappa shape index (κ1) is 16.4. The molecule has 1 unspecified atom stereocenters. The van der Waals surface area contributed by atoms with Gasteiger partial charge in [0.05, 0.1) is 11.9 Å². The summed E-state index contributed by atoms with van der Waals surface area (Å²) in [5, 5.41) is 10.4. The lowest BCUT2D eigenvalue weighted by molar-refractivity contribution is 0.182. The van der Waals surface area contributed by atoms with E-state index >= 15 is 0 Å². The van der Waals surface area contributed by atoms with Crippen molar-refractivity contribution in [2.45, 2.75) is 26.4 Å². The van der Waals surface area contributed by atoms with Gasteiger partial charge in [-0.1, -0.05) is 43.6 Å². The quantitative estimate of drug-likeness (QED) is 0.812. The molecular weight excluding hydrogens is 286 g/mol. The fourth-order valence-electron chi connectivity index (χ4n) is 1.52. The van der Waals surface area contributed by atoms with Crippen molar-refractivity contribution in [3.05, 3.63) is 34.9 Å². The number of aliphatic hydroxyl groups excluding tert-OH is 1. The van der Waals surface area contributed by atoms with Crippen LogP contribution in [0.25, 0.3) is 0 Å². The Bertz CT molecular complexity index is 502. The first-order valence-electron chi connectivity index (χ1n) is 6.21. The highest BCUT2D eigenvalue weighted by molar-refractivity contribution is 7.89. The molecule has 0 saturated carbocycles. The van der Waals surface area contributed by atoms with Crippen LogP contribution < -0.4 is 4.72 Å². The molecule has 0 bridgehead atoms. The summed E-state index contributed by atoms with van der Waals surface area (Å²) >= 11 is 5.93. The van der Waals surface area contributed by atoms with Crippen molar-refractivity contribution in [2.24, 2.45) is 5.92 Å². The topological polar surface area (TPSA) is 66.4 Å². The maximum Gasteiger partial charge on any atom is 0.211 e. The molecule has 1 aromatic carbocycles. The van der Waals surface area contributed by atoms with E-state index in [4.69, 9.17) is 11.6 Å². The van der Waals surface area contributed by atoms with Gasteiger partial charge in [-0.2, -0.15) is 0 Å². The zero-order valence-electron chi connectivity index (χ0n) is 11.1. The third-order valence-electron chi connectivity index (χ3n) is 2.72. The molecule has 0 fully saturated rings. The van der Waals surface area contributed by atoms with Gasteiger partial charge in [-0.3, -0.25) is 0 Å². The van der Waals surface area contributed by atoms with E-state index in [2.05, 4.69) is 4.72 Å². The molecule has 0 spiro atoms. The van der Waals surface area contributed by atoms with Crippen molar-refractivity contribution in [3.63, 3.8) is 0 Å². The summed E-state index contributed by atoms with van der Waals surface area (Å²) in [4.78, 5) is 0. The van der Waals surface area contributed by atoms with Crippen molar-refractivity contribution in [2.75, 3.05) is 12.3 Å². The van der Waals surface area contributed by atoms with Crippen molar-refractivity contribution in [1.29, 1.82) is 0 Å². The molecule has 0 heterocycles. The molecule has 1 rings (SSSR count). The van der Waals surface area contributed by atoms with E-state index in [1.165, 1.54) is 0 Å². The summed E-state index contributed by atoms with van der Waals surface area (Å²) in [7, 11) is -3.35. The number of hydrogen-bond acceptors (Lipinski definition) is 3. The molecule has 4 nitrogen and oxygen atoms in total. The van der Waals surface area contributed by atoms with Crippen LogP contribution in [0.3, 0.4) is 0 Å². The number of hydrogen-bond donors (Lipinski definition) is 2. The molecule has 1 atom stereocenters. The lowest BCUT2D eigenvalue weighted by Crippen LogP contribution is -2.31. The van der Waals surface area contributed by atoms with Gasteiger partial charge in [0.25, 0.3) is 0 Å². The standard InChI is InChI=1S/C13H20ClNO3S/c1-10(2)7-8-19(17,18)15-9-13(16)11-5-3-4-6-12(11)14/h3-6,10,13,15-16H,7-9H2,1-2H3. The largest absolute Gasteiger partial charge is 0.387 e. The Morgan fingerprint density at radius 1 is 1.32 bits per heavy atom. The fraction of sp³-hybridized carbons (Fsp3) is 0.538. The number of aliphatic hydroxyl groups is 1. The number of rotatable bonds is 7. The molecule has 0 aliphatic carbocycles. The van der Waals surface area contributed by atoms with Crippen LogP contribution in [-0.2, 0) is 10.0 Å². The molecule has 0 radical (unpaired) electrons. The average molecular weight is 306 g/mol. The second-order valence-electron chi connectivity index (χ2n) is 4.89. The fourth-order valence-corrected chi connectivity index (χ4v) is 3.12. The first-order chi connectivity index (χ1) is 8.82. The molecule has 1 aromatic rings. The van der Waals surface area contributed by atoms with Crippen LogP contribution in [-0.4, -0.2) is 25.8 Å². The maximum atomic E-state index is 11.7. The SMILES string of the molecule is CC(C)CCS(=O)(=O)NCC(O)c1ccccc1Cl. The number of halogens is 1. The van der Waals surface area contributed by atoms with E-state index in [-0.39, 0.29) is 12.3 Å². The summed E-state index contributed by atoms with van der Waals surface area (Å²) in [5.41, 5.74) is 0.524. The van der Waals surface area contributed by atoms with Gasteiger partial charge in [0.2, 0.25) is 10.0 Å². The van der Waals surface area contributed by atoms with Crippen molar-refractivity contribution in [1.82, 2.24) is 4.72 Å². The third-order valence-corrected chi connectivity index (χ3v) is 4.45. The van der Waals surface area contributed by atoms with E-state index in [0.717, 1.165) is 0 Å². The summed E-state index contributed by atoms with van der Waals surface area (Å²) in [5.74, 6) is 0.393. The summed E-state index contributed by atoms with van der Waals surface area (Å²) in [6.07, 6.45) is -0.347. The minimum absolute atomic E-state index is 0.0653. The van der Waals surface area contributed by atoms with Gasteiger partial charge >= 0.3 is 0 Å². The molecule has 0 saturated heterocycles. The minimum Gasteiger partial charge on any atom is -0.387 e. The van der Waals surface area contributed by atoms with Gasteiger partial charge in [-0.05, 0) is 18.4 Å². The van der Waals surface area contributed by atoms with Crippen molar-refractivity contribution in [3.8, 4) is 0 Å². The summed E-state index contributed by atoms with van der Waals surface area (Å²) in [6, 6.07) is 6.84. The van der Waals surface area contributed by atoms with Gasteiger partial charge in [0.15, 0.2) is 0 Å². The Kier molecular flexibility index (Phi) is 6.26. The van der Waals surface area contributed by atoms with Crippen LogP contribution in [0.2, 0.25) is 5.02 Å². The van der Waals surface area contributed by atoms with E-state index in [1.807, 2.05) is 13.8 Å². The molecule has 2 N–H and O–H groups in total. The van der Waals surface area contributed by atoms with Crippen LogP contribution in [0.15, 0.2) is 24.3 Å². The smallest absolute Gasteiger partial charge is 0.211 e. The number of sulfonamides is 1. The Labute approximate surface area is 119 Å². The average Bonchev–Trinajstić information content (AvgIpc) is 2.34. The Hall–Kier alpha value is -0.620. The normalized spacial score (nSPS) is 13.7. The molecule has 19 heavy (non-hydrogen) atoms. The monoisotopic (exact) mass is 305 g/mol. The Balaban J connectivity index is 2.55. The summed E-state index contributed by atoms with van der Waals surface area (Å²) < 4.78 is 25.8. The molecule has 0 aromatic heterocycles. The highest BCUT2D eigenvalue weighted by atomic mass is 35.5. The molecule has 108 valence electrons.